The molecule has 4 rings (SSSR count). The largest absolute Gasteiger partial charge is 0.347 e. The van der Waals surface area contributed by atoms with E-state index in [0.717, 1.165) is 32.4 Å². The van der Waals surface area contributed by atoms with E-state index >= 15 is 0 Å². The molecule has 0 aromatic carbocycles. The first-order chi connectivity index (χ1) is 11.2. The summed E-state index contributed by atoms with van der Waals surface area (Å²) in [5.41, 5.74) is 0. The van der Waals surface area contributed by atoms with E-state index in [-0.39, 0.29) is 48.8 Å². The van der Waals surface area contributed by atoms with Crippen LogP contribution in [0.1, 0.15) is 31.5 Å². The Labute approximate surface area is 145 Å². The lowest BCUT2D eigenvalue weighted by Gasteiger charge is -2.53. The van der Waals surface area contributed by atoms with Crippen molar-refractivity contribution in [3.8, 4) is 0 Å². The number of carbonyl (C=O) groups excluding carboxylic acids is 2. The Morgan fingerprint density at radius 2 is 2.17 bits per heavy atom. The number of carbonyl (C=O) groups is 2. The lowest BCUT2D eigenvalue weighted by Crippen LogP contribution is -2.67. The van der Waals surface area contributed by atoms with E-state index in [9.17, 15) is 9.59 Å². The zero-order valence-corrected chi connectivity index (χ0v) is 14.1. The summed E-state index contributed by atoms with van der Waals surface area (Å²) < 4.78 is 0. The van der Waals surface area contributed by atoms with Crippen LogP contribution in [-0.4, -0.2) is 62.5 Å². The molecule has 9 nitrogen and oxygen atoms in total. The summed E-state index contributed by atoms with van der Waals surface area (Å²) in [6.45, 7) is 1.96. The first-order valence-corrected chi connectivity index (χ1v) is 8.26. The highest BCUT2D eigenvalue weighted by Crippen LogP contribution is 2.39. The summed E-state index contributed by atoms with van der Waals surface area (Å²) in [7, 11) is 0. The van der Waals surface area contributed by atoms with Gasteiger partial charge in [-0.15, -0.1) is 22.6 Å². The highest BCUT2D eigenvalue weighted by Gasteiger charge is 2.50. The van der Waals surface area contributed by atoms with Gasteiger partial charge in [-0.3, -0.25) is 9.59 Å². The van der Waals surface area contributed by atoms with E-state index in [0.29, 0.717) is 18.2 Å². The second-order valence-electron chi connectivity index (χ2n) is 6.67. The number of aromatic amines is 1. The summed E-state index contributed by atoms with van der Waals surface area (Å²) in [6, 6.07) is -0.190. The van der Waals surface area contributed by atoms with Gasteiger partial charge in [-0.1, -0.05) is 5.21 Å². The molecule has 4 atom stereocenters. The average Bonchev–Trinajstić information content (AvgIpc) is 3.08. The van der Waals surface area contributed by atoms with Crippen LogP contribution in [0.2, 0.25) is 0 Å². The molecule has 3 aliphatic rings. The summed E-state index contributed by atoms with van der Waals surface area (Å²) >= 11 is 0. The third kappa shape index (κ3) is 2.98. The standard InChI is InChI=1S/C14H21N7O2.ClH/c22-12-3-1-2-10-8-4-9(6-15-5-8)13(21(10)12)14(23)16-7-11-17-19-20-18-11;/h8-10,13,15H,1-7H2,(H,16,23)(H,17,18,19,20);1H/t8-,9+,10+,13-;/m1./s1. The number of aromatic nitrogens is 4. The first-order valence-electron chi connectivity index (χ1n) is 8.26. The van der Waals surface area contributed by atoms with Gasteiger partial charge in [0, 0.05) is 24.9 Å². The minimum Gasteiger partial charge on any atom is -0.347 e. The molecule has 3 aliphatic heterocycles. The van der Waals surface area contributed by atoms with Crippen molar-refractivity contribution in [2.24, 2.45) is 11.8 Å². The van der Waals surface area contributed by atoms with Gasteiger partial charge in [0.25, 0.3) is 0 Å². The molecule has 0 aliphatic carbocycles. The Morgan fingerprint density at radius 1 is 1.33 bits per heavy atom. The van der Waals surface area contributed by atoms with E-state index in [1.165, 1.54) is 0 Å². The fourth-order valence-corrected chi connectivity index (χ4v) is 4.38. The van der Waals surface area contributed by atoms with Crippen molar-refractivity contribution in [2.75, 3.05) is 13.1 Å². The van der Waals surface area contributed by atoms with Crippen LogP contribution in [0.4, 0.5) is 0 Å². The van der Waals surface area contributed by atoms with Gasteiger partial charge in [0.1, 0.15) is 6.04 Å². The monoisotopic (exact) mass is 355 g/mol. The zero-order valence-electron chi connectivity index (χ0n) is 13.3. The van der Waals surface area contributed by atoms with E-state index in [1.807, 2.05) is 4.90 Å². The Balaban J connectivity index is 0.00000169. The van der Waals surface area contributed by atoms with E-state index < -0.39 is 0 Å². The molecule has 2 bridgehead atoms. The van der Waals surface area contributed by atoms with Crippen LogP contribution in [0.25, 0.3) is 0 Å². The molecule has 10 heteroatoms. The summed E-state index contributed by atoms with van der Waals surface area (Å²) in [4.78, 5) is 27.2. The molecule has 3 N–H and O–H groups in total. The van der Waals surface area contributed by atoms with E-state index in [1.54, 1.807) is 0 Å². The Kier molecular flexibility index (Phi) is 5.00. The van der Waals surface area contributed by atoms with Crippen molar-refractivity contribution >= 4 is 24.2 Å². The molecule has 0 saturated carbocycles. The van der Waals surface area contributed by atoms with Crippen LogP contribution < -0.4 is 10.6 Å². The van der Waals surface area contributed by atoms with Crippen molar-refractivity contribution in [3.05, 3.63) is 5.82 Å². The number of rotatable bonds is 3. The van der Waals surface area contributed by atoms with Gasteiger partial charge in [0.15, 0.2) is 5.82 Å². The average molecular weight is 356 g/mol. The summed E-state index contributed by atoms with van der Waals surface area (Å²) in [6.07, 6.45) is 3.50. The Morgan fingerprint density at radius 3 is 2.96 bits per heavy atom. The number of nitrogens with zero attached hydrogens (tertiary/aromatic N) is 4. The Bertz CT molecular complexity index is 596. The predicted octanol–water partition coefficient (Wildman–Crippen LogP) is -0.773. The van der Waals surface area contributed by atoms with Gasteiger partial charge in [-0.05, 0) is 31.7 Å². The first kappa shape index (κ1) is 17.1. The van der Waals surface area contributed by atoms with Gasteiger partial charge >= 0.3 is 0 Å². The molecular formula is C14H22ClN7O2. The molecule has 4 heterocycles. The minimum atomic E-state index is -0.385. The molecular weight excluding hydrogens is 334 g/mol. The second-order valence-corrected chi connectivity index (χ2v) is 6.67. The van der Waals surface area contributed by atoms with Crippen LogP contribution >= 0.6 is 12.4 Å². The smallest absolute Gasteiger partial charge is 0.243 e. The van der Waals surface area contributed by atoms with E-state index in [4.69, 9.17) is 0 Å². The second kappa shape index (κ2) is 7.02. The lowest BCUT2D eigenvalue weighted by molar-refractivity contribution is -0.157. The van der Waals surface area contributed by atoms with Crippen molar-refractivity contribution < 1.29 is 9.59 Å². The van der Waals surface area contributed by atoms with Crippen molar-refractivity contribution in [3.63, 3.8) is 0 Å². The number of fused-ring (bicyclic) bond motifs is 4. The van der Waals surface area contributed by atoms with Crippen LogP contribution in [-0.2, 0) is 16.1 Å². The molecule has 1 aromatic heterocycles. The quantitative estimate of drug-likeness (QED) is 0.655. The fraction of sp³-hybridized carbons (Fsp3) is 0.786. The third-order valence-electron chi connectivity index (χ3n) is 5.32. The van der Waals surface area contributed by atoms with Crippen LogP contribution in [0.5, 0.6) is 0 Å². The molecule has 0 unspecified atom stereocenters. The van der Waals surface area contributed by atoms with Crippen molar-refractivity contribution in [1.29, 1.82) is 0 Å². The number of piperidine rings is 3. The van der Waals surface area contributed by atoms with Gasteiger partial charge in [-0.2, -0.15) is 5.21 Å². The molecule has 2 amide bonds. The highest BCUT2D eigenvalue weighted by atomic mass is 35.5. The number of halogens is 1. The molecule has 0 radical (unpaired) electrons. The zero-order chi connectivity index (χ0) is 15.8. The number of hydrogen-bond donors (Lipinski definition) is 3. The normalized spacial score (nSPS) is 31.8. The summed E-state index contributed by atoms with van der Waals surface area (Å²) in [5.74, 6) is 1.10. The SMILES string of the molecule is Cl.O=C(NCc1nn[nH]n1)[C@H]1[C@@H]2CNC[C@@H](C2)[C@@H]2CCCC(=O)N21. The predicted molar refractivity (Wildman–Crippen MR) is 86.0 cm³/mol. The molecule has 1 aromatic rings. The molecule has 0 spiro atoms. The third-order valence-corrected chi connectivity index (χ3v) is 5.32. The molecule has 3 fully saturated rings. The van der Waals surface area contributed by atoms with Crippen LogP contribution in [0.3, 0.4) is 0 Å². The molecule has 24 heavy (non-hydrogen) atoms. The van der Waals surface area contributed by atoms with Gasteiger partial charge in [0.05, 0.1) is 6.54 Å². The minimum absolute atomic E-state index is 0. The van der Waals surface area contributed by atoms with Crippen molar-refractivity contribution in [2.45, 2.75) is 44.3 Å². The number of H-pyrrole nitrogens is 1. The fourth-order valence-electron chi connectivity index (χ4n) is 4.38. The van der Waals surface area contributed by atoms with Gasteiger partial charge in [0.2, 0.25) is 11.8 Å². The number of tetrazole rings is 1. The summed E-state index contributed by atoms with van der Waals surface area (Å²) in [5, 5.41) is 19.8. The van der Waals surface area contributed by atoms with Crippen molar-refractivity contribution in [1.82, 2.24) is 36.2 Å². The van der Waals surface area contributed by atoms with Gasteiger partial charge < -0.3 is 15.5 Å². The topological polar surface area (TPSA) is 116 Å². The van der Waals surface area contributed by atoms with E-state index in [2.05, 4.69) is 31.3 Å². The molecule has 132 valence electrons. The Hall–Kier alpha value is -1.74. The number of hydrogen-bond acceptors (Lipinski definition) is 6. The number of amides is 2. The number of nitrogens with one attached hydrogen (secondary N) is 3. The van der Waals surface area contributed by atoms with Crippen LogP contribution in [0, 0.1) is 11.8 Å². The highest BCUT2D eigenvalue weighted by molar-refractivity contribution is 5.89. The van der Waals surface area contributed by atoms with Gasteiger partial charge in [-0.25, -0.2) is 0 Å². The maximum Gasteiger partial charge on any atom is 0.243 e. The maximum atomic E-state index is 12.8. The maximum absolute atomic E-state index is 12.8. The van der Waals surface area contributed by atoms with Crippen LogP contribution in [0.15, 0.2) is 0 Å². The molecule has 3 saturated heterocycles. The lowest BCUT2D eigenvalue weighted by atomic mass is 9.72.